The predicted molar refractivity (Wildman–Crippen MR) is 106 cm³/mol. The molecule has 1 aliphatic heterocycles. The summed E-state index contributed by atoms with van der Waals surface area (Å²) in [4.78, 5) is 26.9. The molecular weight excluding hydrogens is 340 g/mol. The number of methoxy groups -OCH3 is 1. The SMILES string of the molecule is COc1ccc(N2CC(C(=O)Nc3cccc4ccccc34)CC2=O)cc1. The summed E-state index contributed by atoms with van der Waals surface area (Å²) in [5, 5.41) is 5.06. The molecule has 1 N–H and O–H groups in total. The van der Waals surface area contributed by atoms with Crippen LogP contribution in [0.15, 0.2) is 66.7 Å². The summed E-state index contributed by atoms with van der Waals surface area (Å²) in [5.74, 6) is 0.183. The maximum atomic E-state index is 12.8. The number of nitrogens with one attached hydrogen (secondary N) is 1. The number of ether oxygens (including phenoxy) is 1. The number of nitrogens with zero attached hydrogens (tertiary/aromatic N) is 1. The highest BCUT2D eigenvalue weighted by Gasteiger charge is 2.35. The van der Waals surface area contributed by atoms with Gasteiger partial charge in [0.25, 0.3) is 0 Å². The van der Waals surface area contributed by atoms with Gasteiger partial charge in [-0.3, -0.25) is 9.59 Å². The van der Waals surface area contributed by atoms with Gasteiger partial charge in [-0.25, -0.2) is 0 Å². The number of fused-ring (bicyclic) bond motifs is 1. The molecule has 27 heavy (non-hydrogen) atoms. The number of carbonyl (C=O) groups excluding carboxylic acids is 2. The summed E-state index contributed by atoms with van der Waals surface area (Å²) >= 11 is 0. The molecule has 0 spiro atoms. The van der Waals surface area contributed by atoms with Crippen molar-refractivity contribution in [3.8, 4) is 5.75 Å². The third-order valence-electron chi connectivity index (χ3n) is 4.93. The summed E-state index contributed by atoms with van der Waals surface area (Å²) in [7, 11) is 1.60. The van der Waals surface area contributed by atoms with Crippen LogP contribution in [-0.2, 0) is 9.59 Å². The van der Waals surface area contributed by atoms with Crippen molar-refractivity contribution in [2.45, 2.75) is 6.42 Å². The highest BCUT2D eigenvalue weighted by molar-refractivity contribution is 6.07. The predicted octanol–water partition coefficient (Wildman–Crippen LogP) is 3.84. The molecule has 0 radical (unpaired) electrons. The van der Waals surface area contributed by atoms with Gasteiger partial charge < -0.3 is 15.0 Å². The third-order valence-corrected chi connectivity index (χ3v) is 4.93. The van der Waals surface area contributed by atoms with E-state index in [1.807, 2.05) is 66.7 Å². The standard InChI is InChI=1S/C22H20N2O3/c1-27-18-11-9-17(10-12-18)24-14-16(13-21(24)25)22(26)23-20-8-4-6-15-5-2-3-7-19(15)20/h2-12,16H,13-14H2,1H3,(H,23,26). The zero-order valence-corrected chi connectivity index (χ0v) is 15.0. The lowest BCUT2D eigenvalue weighted by molar-refractivity contribution is -0.122. The number of amides is 2. The fraction of sp³-hybridized carbons (Fsp3) is 0.182. The Morgan fingerprint density at radius 3 is 2.56 bits per heavy atom. The molecule has 0 aliphatic carbocycles. The van der Waals surface area contributed by atoms with Crippen LogP contribution in [0.25, 0.3) is 10.8 Å². The first-order valence-corrected chi connectivity index (χ1v) is 8.89. The van der Waals surface area contributed by atoms with Crippen molar-refractivity contribution in [1.82, 2.24) is 0 Å². The summed E-state index contributed by atoms with van der Waals surface area (Å²) in [6, 6.07) is 21.0. The van der Waals surface area contributed by atoms with Crippen LogP contribution >= 0.6 is 0 Å². The van der Waals surface area contributed by atoms with Gasteiger partial charge in [-0.15, -0.1) is 0 Å². The number of rotatable bonds is 4. The van der Waals surface area contributed by atoms with Crippen LogP contribution in [0.5, 0.6) is 5.75 Å². The molecule has 1 fully saturated rings. The molecule has 1 unspecified atom stereocenters. The minimum absolute atomic E-state index is 0.0433. The van der Waals surface area contributed by atoms with Crippen LogP contribution in [0.4, 0.5) is 11.4 Å². The number of hydrogen-bond acceptors (Lipinski definition) is 3. The monoisotopic (exact) mass is 360 g/mol. The van der Waals surface area contributed by atoms with Crippen LogP contribution < -0.4 is 15.0 Å². The Morgan fingerprint density at radius 1 is 1.04 bits per heavy atom. The Bertz CT molecular complexity index is 993. The van der Waals surface area contributed by atoms with Gasteiger partial charge in [0.2, 0.25) is 11.8 Å². The Morgan fingerprint density at radius 2 is 1.78 bits per heavy atom. The van der Waals surface area contributed by atoms with Crippen molar-refractivity contribution in [2.24, 2.45) is 5.92 Å². The average Bonchev–Trinajstić information content (AvgIpc) is 3.10. The Kier molecular flexibility index (Phi) is 4.50. The van der Waals surface area contributed by atoms with E-state index in [0.29, 0.717) is 6.54 Å². The lowest BCUT2D eigenvalue weighted by atomic mass is 10.1. The molecule has 0 bridgehead atoms. The van der Waals surface area contributed by atoms with E-state index in [-0.39, 0.29) is 24.2 Å². The summed E-state index contributed by atoms with van der Waals surface area (Å²) < 4.78 is 5.15. The molecule has 0 saturated carbocycles. The number of hydrogen-bond donors (Lipinski definition) is 1. The lowest BCUT2D eigenvalue weighted by Gasteiger charge is -2.17. The molecule has 2 amide bonds. The highest BCUT2D eigenvalue weighted by atomic mass is 16.5. The molecule has 3 aromatic carbocycles. The third kappa shape index (κ3) is 3.36. The Balaban J connectivity index is 1.50. The zero-order valence-electron chi connectivity index (χ0n) is 15.0. The van der Waals surface area contributed by atoms with E-state index in [9.17, 15) is 9.59 Å². The van der Waals surface area contributed by atoms with E-state index in [2.05, 4.69) is 5.32 Å². The molecule has 136 valence electrons. The normalized spacial score (nSPS) is 16.6. The van der Waals surface area contributed by atoms with E-state index >= 15 is 0 Å². The van der Waals surface area contributed by atoms with Gasteiger partial charge >= 0.3 is 0 Å². The first-order valence-electron chi connectivity index (χ1n) is 8.89. The van der Waals surface area contributed by atoms with E-state index in [4.69, 9.17) is 4.74 Å². The number of benzene rings is 3. The minimum atomic E-state index is -0.376. The molecule has 4 rings (SSSR count). The second kappa shape index (κ2) is 7.11. The fourth-order valence-corrected chi connectivity index (χ4v) is 3.46. The van der Waals surface area contributed by atoms with E-state index in [1.165, 1.54) is 0 Å². The van der Waals surface area contributed by atoms with Crippen LogP contribution in [0.2, 0.25) is 0 Å². The van der Waals surface area contributed by atoms with Crippen molar-refractivity contribution in [1.29, 1.82) is 0 Å². The molecule has 3 aromatic rings. The smallest absolute Gasteiger partial charge is 0.229 e. The second-order valence-electron chi connectivity index (χ2n) is 6.62. The quantitative estimate of drug-likeness (QED) is 0.769. The van der Waals surface area contributed by atoms with Crippen LogP contribution in [-0.4, -0.2) is 25.5 Å². The Hall–Kier alpha value is -3.34. The zero-order chi connectivity index (χ0) is 18.8. The van der Waals surface area contributed by atoms with Gasteiger partial charge in [-0.1, -0.05) is 36.4 Å². The first-order chi connectivity index (χ1) is 13.2. The van der Waals surface area contributed by atoms with Gasteiger partial charge in [0.15, 0.2) is 0 Å². The number of anilines is 2. The van der Waals surface area contributed by atoms with Crippen LogP contribution in [0.1, 0.15) is 6.42 Å². The Labute approximate surface area is 157 Å². The van der Waals surface area contributed by atoms with Gasteiger partial charge in [0.05, 0.1) is 13.0 Å². The second-order valence-corrected chi connectivity index (χ2v) is 6.62. The van der Waals surface area contributed by atoms with Gasteiger partial charge in [-0.2, -0.15) is 0 Å². The minimum Gasteiger partial charge on any atom is -0.497 e. The van der Waals surface area contributed by atoms with Crippen molar-refractivity contribution < 1.29 is 14.3 Å². The van der Waals surface area contributed by atoms with Crippen molar-refractivity contribution in [3.05, 3.63) is 66.7 Å². The summed E-state index contributed by atoms with van der Waals surface area (Å²) in [6.45, 7) is 0.377. The molecule has 0 aromatic heterocycles. The maximum absolute atomic E-state index is 12.8. The van der Waals surface area contributed by atoms with Crippen molar-refractivity contribution in [2.75, 3.05) is 23.9 Å². The van der Waals surface area contributed by atoms with E-state index in [1.54, 1.807) is 12.0 Å². The first kappa shape index (κ1) is 17.1. The van der Waals surface area contributed by atoms with Crippen LogP contribution in [0, 0.1) is 5.92 Å². The fourth-order valence-electron chi connectivity index (χ4n) is 3.46. The van der Waals surface area contributed by atoms with Gasteiger partial charge in [0, 0.05) is 29.7 Å². The molecule has 5 nitrogen and oxygen atoms in total. The molecule has 1 aliphatic rings. The molecule has 1 atom stereocenters. The maximum Gasteiger partial charge on any atom is 0.229 e. The topological polar surface area (TPSA) is 58.6 Å². The highest BCUT2D eigenvalue weighted by Crippen LogP contribution is 2.29. The number of carbonyl (C=O) groups is 2. The summed E-state index contributed by atoms with van der Waals surface area (Å²) in [5.41, 5.74) is 1.55. The molecule has 5 heteroatoms. The van der Waals surface area contributed by atoms with E-state index in [0.717, 1.165) is 27.9 Å². The lowest BCUT2D eigenvalue weighted by Crippen LogP contribution is -2.28. The van der Waals surface area contributed by atoms with Gasteiger partial charge in [0.1, 0.15) is 5.75 Å². The van der Waals surface area contributed by atoms with E-state index < -0.39 is 0 Å². The largest absolute Gasteiger partial charge is 0.497 e. The summed E-state index contributed by atoms with van der Waals surface area (Å²) in [6.07, 6.45) is 0.211. The van der Waals surface area contributed by atoms with Crippen molar-refractivity contribution in [3.63, 3.8) is 0 Å². The molecule has 1 heterocycles. The van der Waals surface area contributed by atoms with Gasteiger partial charge in [-0.05, 0) is 35.7 Å². The average molecular weight is 360 g/mol. The molecule has 1 saturated heterocycles. The molecular formula is C22H20N2O3. The van der Waals surface area contributed by atoms with Crippen LogP contribution in [0.3, 0.4) is 0 Å². The van der Waals surface area contributed by atoms with Crippen molar-refractivity contribution >= 4 is 34.0 Å².